The van der Waals surface area contributed by atoms with Gasteiger partial charge in [0.15, 0.2) is 0 Å². The number of halogens is 1. The van der Waals surface area contributed by atoms with E-state index in [1.807, 2.05) is 6.07 Å². The van der Waals surface area contributed by atoms with Crippen molar-refractivity contribution >= 4 is 11.6 Å². The van der Waals surface area contributed by atoms with E-state index in [4.69, 9.17) is 11.6 Å². The van der Waals surface area contributed by atoms with Crippen LogP contribution in [0, 0.1) is 23.7 Å². The van der Waals surface area contributed by atoms with Crippen LogP contribution in [0.5, 0.6) is 0 Å². The maximum atomic E-state index is 11.1. The normalized spacial score (nSPS) is 43.7. The summed E-state index contributed by atoms with van der Waals surface area (Å²) in [6.07, 6.45) is 10.5. The van der Waals surface area contributed by atoms with Crippen LogP contribution in [0.25, 0.3) is 0 Å². The van der Waals surface area contributed by atoms with Gasteiger partial charge in [0.1, 0.15) is 0 Å². The van der Waals surface area contributed by atoms with Gasteiger partial charge in [0.05, 0.1) is 10.6 Å². The Morgan fingerprint density at radius 1 is 1.37 bits per heavy atom. The minimum atomic E-state index is -0.513. The van der Waals surface area contributed by atoms with Gasteiger partial charge in [-0.25, -0.2) is 0 Å². The average molecular weight is 278 g/mol. The minimum Gasteiger partial charge on any atom is -0.389 e. The second-order valence-corrected chi connectivity index (χ2v) is 7.22. The molecule has 0 saturated heterocycles. The fourth-order valence-corrected chi connectivity index (χ4v) is 5.50. The van der Waals surface area contributed by atoms with Crippen LogP contribution >= 0.6 is 11.6 Å². The molecule has 0 aromatic carbocycles. The lowest BCUT2D eigenvalue weighted by Gasteiger charge is -2.39. The summed E-state index contributed by atoms with van der Waals surface area (Å²) in [7, 11) is 0. The zero-order valence-electron chi connectivity index (χ0n) is 11.1. The van der Waals surface area contributed by atoms with E-state index in [-0.39, 0.29) is 0 Å². The van der Waals surface area contributed by atoms with Crippen LogP contribution in [0.15, 0.2) is 18.5 Å². The Labute approximate surface area is 119 Å². The Morgan fingerprint density at radius 2 is 2.21 bits per heavy atom. The number of rotatable bonds is 2. The molecule has 3 heteroatoms. The quantitative estimate of drug-likeness (QED) is 0.898. The second-order valence-electron chi connectivity index (χ2n) is 6.81. The van der Waals surface area contributed by atoms with Crippen molar-refractivity contribution in [1.82, 2.24) is 4.98 Å². The van der Waals surface area contributed by atoms with E-state index in [0.29, 0.717) is 17.4 Å². The maximum Gasteiger partial charge on any atom is 0.0722 e. The Kier molecular flexibility index (Phi) is 2.69. The van der Waals surface area contributed by atoms with E-state index in [1.165, 1.54) is 25.7 Å². The summed E-state index contributed by atoms with van der Waals surface area (Å²) < 4.78 is 0. The Morgan fingerprint density at radius 3 is 3.05 bits per heavy atom. The van der Waals surface area contributed by atoms with Gasteiger partial charge in [-0.1, -0.05) is 18.0 Å². The number of fused-ring (bicyclic) bond motifs is 5. The Hall–Kier alpha value is -0.600. The molecule has 3 aliphatic carbocycles. The first kappa shape index (κ1) is 12.2. The number of pyridine rings is 1. The van der Waals surface area contributed by atoms with Crippen LogP contribution in [0.2, 0.25) is 5.02 Å². The lowest BCUT2D eigenvalue weighted by atomic mass is 9.71. The average Bonchev–Trinajstić information content (AvgIpc) is 3.02. The molecule has 0 amide bonds. The minimum absolute atomic E-state index is 0.509. The van der Waals surface area contributed by atoms with Gasteiger partial charge in [0.2, 0.25) is 0 Å². The van der Waals surface area contributed by atoms with Gasteiger partial charge in [-0.2, -0.15) is 0 Å². The third-order valence-corrected chi connectivity index (χ3v) is 6.30. The smallest absolute Gasteiger partial charge is 0.0722 e. The standard InChI is InChI=1S/C16H20ClNO/c17-15-9-18-5-4-10(15)7-16(19)8-11-6-14(16)13-3-1-2-12(11)13/h4-5,9,11-14,19H,1-3,6-8H2. The van der Waals surface area contributed by atoms with Gasteiger partial charge in [-0.3, -0.25) is 4.98 Å². The predicted octanol–water partition coefficient (Wildman–Crippen LogP) is 3.46. The molecule has 3 fully saturated rings. The summed E-state index contributed by atoms with van der Waals surface area (Å²) in [5, 5.41) is 11.8. The number of hydrogen-bond donors (Lipinski definition) is 1. The molecule has 3 aliphatic rings. The number of hydrogen-bond acceptors (Lipinski definition) is 2. The largest absolute Gasteiger partial charge is 0.389 e. The van der Waals surface area contributed by atoms with Crippen LogP contribution in [-0.4, -0.2) is 15.7 Å². The highest BCUT2D eigenvalue weighted by molar-refractivity contribution is 6.31. The fraction of sp³-hybridized carbons (Fsp3) is 0.688. The van der Waals surface area contributed by atoms with Crippen molar-refractivity contribution in [3.63, 3.8) is 0 Å². The van der Waals surface area contributed by atoms with Gasteiger partial charge in [0, 0.05) is 18.8 Å². The highest BCUT2D eigenvalue weighted by Crippen LogP contribution is 2.63. The molecular formula is C16H20ClNO. The third kappa shape index (κ3) is 1.76. The van der Waals surface area contributed by atoms with Crippen LogP contribution in [0.3, 0.4) is 0 Å². The molecule has 5 unspecified atom stereocenters. The van der Waals surface area contributed by atoms with Crippen LogP contribution in [-0.2, 0) is 6.42 Å². The molecule has 0 aliphatic heterocycles. The molecule has 0 radical (unpaired) electrons. The van der Waals surface area contributed by atoms with Crippen molar-refractivity contribution in [3.05, 3.63) is 29.0 Å². The molecule has 2 bridgehead atoms. The molecule has 1 aromatic heterocycles. The SMILES string of the molecule is OC1(Cc2ccncc2Cl)CC2CC1C1CCCC21. The summed E-state index contributed by atoms with van der Waals surface area (Å²) in [6, 6.07) is 1.96. The van der Waals surface area contributed by atoms with Gasteiger partial charge in [-0.15, -0.1) is 0 Å². The highest BCUT2D eigenvalue weighted by Gasteiger charge is 2.60. The predicted molar refractivity (Wildman–Crippen MR) is 74.9 cm³/mol. The number of aliphatic hydroxyl groups is 1. The van der Waals surface area contributed by atoms with Gasteiger partial charge in [0.25, 0.3) is 0 Å². The molecular weight excluding hydrogens is 258 g/mol. The van der Waals surface area contributed by atoms with E-state index < -0.39 is 5.60 Å². The van der Waals surface area contributed by atoms with Gasteiger partial charge in [-0.05, 0) is 61.0 Å². The summed E-state index contributed by atoms with van der Waals surface area (Å²) in [5.41, 5.74) is 0.544. The molecule has 5 atom stereocenters. The van der Waals surface area contributed by atoms with Crippen molar-refractivity contribution in [2.75, 3.05) is 0 Å². The Bertz CT molecular complexity index is 505. The van der Waals surface area contributed by atoms with Crippen LogP contribution < -0.4 is 0 Å². The number of nitrogens with zero attached hydrogens (tertiary/aromatic N) is 1. The van der Waals surface area contributed by atoms with E-state index in [2.05, 4.69) is 4.98 Å². The molecule has 1 N–H and O–H groups in total. The topological polar surface area (TPSA) is 33.1 Å². The molecule has 19 heavy (non-hydrogen) atoms. The maximum absolute atomic E-state index is 11.1. The zero-order valence-corrected chi connectivity index (χ0v) is 11.8. The lowest BCUT2D eigenvalue weighted by Crippen LogP contribution is -2.43. The van der Waals surface area contributed by atoms with E-state index in [0.717, 1.165) is 29.7 Å². The zero-order chi connectivity index (χ0) is 13.0. The third-order valence-electron chi connectivity index (χ3n) is 5.96. The molecule has 102 valence electrons. The van der Waals surface area contributed by atoms with Gasteiger partial charge < -0.3 is 5.11 Å². The Balaban J connectivity index is 1.60. The molecule has 2 nitrogen and oxygen atoms in total. The summed E-state index contributed by atoms with van der Waals surface area (Å²) in [6.45, 7) is 0. The summed E-state index contributed by atoms with van der Waals surface area (Å²) >= 11 is 6.20. The van der Waals surface area contributed by atoms with Crippen molar-refractivity contribution in [1.29, 1.82) is 0 Å². The second kappa shape index (κ2) is 4.20. The lowest BCUT2D eigenvalue weighted by molar-refractivity contribution is -0.0450. The van der Waals surface area contributed by atoms with Crippen molar-refractivity contribution in [3.8, 4) is 0 Å². The first-order valence-electron chi connectivity index (χ1n) is 7.48. The highest BCUT2D eigenvalue weighted by atomic mass is 35.5. The summed E-state index contributed by atoms with van der Waals surface area (Å²) in [5.74, 6) is 2.97. The molecule has 4 rings (SSSR count). The van der Waals surface area contributed by atoms with Crippen LogP contribution in [0.1, 0.15) is 37.7 Å². The molecule has 1 aromatic rings. The van der Waals surface area contributed by atoms with Crippen LogP contribution in [0.4, 0.5) is 0 Å². The van der Waals surface area contributed by atoms with Crippen molar-refractivity contribution in [2.24, 2.45) is 23.7 Å². The molecule has 1 heterocycles. The van der Waals surface area contributed by atoms with E-state index in [1.54, 1.807) is 12.4 Å². The van der Waals surface area contributed by atoms with E-state index in [9.17, 15) is 5.11 Å². The summed E-state index contributed by atoms with van der Waals surface area (Å²) in [4.78, 5) is 4.03. The first-order valence-corrected chi connectivity index (χ1v) is 7.86. The van der Waals surface area contributed by atoms with E-state index >= 15 is 0 Å². The molecule has 0 spiro atoms. The van der Waals surface area contributed by atoms with Crippen molar-refractivity contribution in [2.45, 2.75) is 44.1 Å². The van der Waals surface area contributed by atoms with Gasteiger partial charge >= 0.3 is 0 Å². The fourth-order valence-electron chi connectivity index (χ4n) is 5.32. The monoisotopic (exact) mass is 277 g/mol. The first-order chi connectivity index (χ1) is 9.17. The number of aromatic nitrogens is 1. The van der Waals surface area contributed by atoms with Crippen molar-refractivity contribution < 1.29 is 5.11 Å². The molecule has 3 saturated carbocycles.